The molecular formula is C33H40N4O6. The summed E-state index contributed by atoms with van der Waals surface area (Å²) >= 11 is 0. The van der Waals surface area contributed by atoms with Gasteiger partial charge < -0.3 is 30.2 Å². The number of hydrogen-bond acceptors (Lipinski definition) is 8. The number of nitrogens with one attached hydrogen (secondary N) is 3. The van der Waals surface area contributed by atoms with Crippen LogP contribution >= 0.6 is 0 Å². The number of ether oxygens (including phenoxy) is 3. The molecule has 2 amide bonds. The number of carbonyl (C=O) groups excluding carboxylic acids is 2. The predicted octanol–water partition coefficient (Wildman–Crippen LogP) is 4.05. The Morgan fingerprint density at radius 1 is 1.00 bits per heavy atom. The summed E-state index contributed by atoms with van der Waals surface area (Å²) in [5.41, 5.74) is 4.12. The van der Waals surface area contributed by atoms with E-state index in [1.54, 1.807) is 45.9 Å². The topological polar surface area (TPSA) is 128 Å². The van der Waals surface area contributed by atoms with E-state index >= 15 is 0 Å². The van der Waals surface area contributed by atoms with Crippen LogP contribution in [0.15, 0.2) is 53.6 Å². The lowest BCUT2D eigenvalue weighted by atomic mass is 9.95. The average molecular weight is 589 g/mol. The fraction of sp³-hybridized carbons (Fsp3) is 0.394. The molecule has 0 aliphatic heterocycles. The molecule has 0 fully saturated rings. The number of rotatable bonds is 11. The maximum Gasteiger partial charge on any atom is 0.242 e. The normalized spacial score (nSPS) is 14.4. The van der Waals surface area contributed by atoms with E-state index in [4.69, 9.17) is 14.2 Å². The molecule has 0 bridgehead atoms. The first-order valence-electron chi connectivity index (χ1n) is 14.4. The predicted molar refractivity (Wildman–Crippen MR) is 166 cm³/mol. The molecule has 1 aliphatic rings. The highest BCUT2D eigenvalue weighted by molar-refractivity contribution is 5.86. The number of methoxy groups -OCH3 is 3. The van der Waals surface area contributed by atoms with Gasteiger partial charge in [-0.05, 0) is 77.8 Å². The third kappa shape index (κ3) is 7.07. The van der Waals surface area contributed by atoms with Crippen molar-refractivity contribution in [3.05, 3.63) is 75.7 Å². The monoisotopic (exact) mass is 588 g/mol. The second kappa shape index (κ2) is 14.0. The number of aryl methyl sites for hydroxylation is 1. The average Bonchev–Trinajstić information content (AvgIpc) is 3.23. The minimum absolute atomic E-state index is 0.103. The van der Waals surface area contributed by atoms with E-state index in [2.05, 4.69) is 20.9 Å². The lowest BCUT2D eigenvalue weighted by Gasteiger charge is -2.22. The summed E-state index contributed by atoms with van der Waals surface area (Å²) in [4.78, 5) is 43.2. The Kier molecular flexibility index (Phi) is 10.2. The zero-order valence-corrected chi connectivity index (χ0v) is 25.6. The second-order valence-corrected chi connectivity index (χ2v) is 10.9. The molecule has 1 aromatic heterocycles. The quantitative estimate of drug-likeness (QED) is 0.306. The largest absolute Gasteiger partial charge is 0.493 e. The summed E-state index contributed by atoms with van der Waals surface area (Å²) in [5.74, 6) is 0.931. The van der Waals surface area contributed by atoms with E-state index in [9.17, 15) is 14.4 Å². The molecule has 43 heavy (non-hydrogen) atoms. The fourth-order valence-electron chi connectivity index (χ4n) is 5.52. The number of nitrogens with zero attached hydrogens (tertiary/aromatic N) is 1. The van der Waals surface area contributed by atoms with Gasteiger partial charge in [-0.25, -0.2) is 0 Å². The highest BCUT2D eigenvalue weighted by Gasteiger charge is 2.30. The van der Waals surface area contributed by atoms with Gasteiger partial charge in [0.25, 0.3) is 0 Å². The molecule has 0 spiro atoms. The highest BCUT2D eigenvalue weighted by Crippen LogP contribution is 2.50. The van der Waals surface area contributed by atoms with E-state index in [0.717, 1.165) is 22.3 Å². The van der Waals surface area contributed by atoms with Crippen LogP contribution in [0.4, 0.5) is 5.69 Å². The Morgan fingerprint density at radius 2 is 1.72 bits per heavy atom. The van der Waals surface area contributed by atoms with Gasteiger partial charge in [-0.15, -0.1) is 0 Å². The molecule has 4 rings (SSSR count). The van der Waals surface area contributed by atoms with Gasteiger partial charge in [0.2, 0.25) is 23.0 Å². The molecule has 1 aliphatic carbocycles. The van der Waals surface area contributed by atoms with Crippen LogP contribution < -0.4 is 35.6 Å². The highest BCUT2D eigenvalue weighted by atomic mass is 16.5. The summed E-state index contributed by atoms with van der Waals surface area (Å²) in [6, 6.07) is 9.73. The first kappa shape index (κ1) is 31.3. The third-order valence-corrected chi connectivity index (χ3v) is 7.64. The Morgan fingerprint density at radius 3 is 2.35 bits per heavy atom. The van der Waals surface area contributed by atoms with E-state index < -0.39 is 12.1 Å². The number of carbonyl (C=O) groups is 2. The van der Waals surface area contributed by atoms with Crippen LogP contribution in [0.5, 0.6) is 17.2 Å². The van der Waals surface area contributed by atoms with Crippen molar-refractivity contribution in [2.24, 2.45) is 5.92 Å². The molecule has 0 unspecified atom stereocenters. The van der Waals surface area contributed by atoms with Gasteiger partial charge in [-0.3, -0.25) is 19.4 Å². The number of hydrogen-bond donors (Lipinski definition) is 3. The van der Waals surface area contributed by atoms with Gasteiger partial charge in [0, 0.05) is 31.4 Å². The number of aromatic nitrogens is 1. The molecule has 2 atom stereocenters. The van der Waals surface area contributed by atoms with E-state index in [1.165, 1.54) is 6.92 Å². The molecule has 2 aromatic carbocycles. The van der Waals surface area contributed by atoms with Crippen molar-refractivity contribution >= 4 is 17.5 Å². The number of pyridine rings is 1. The van der Waals surface area contributed by atoms with Crippen molar-refractivity contribution < 1.29 is 23.8 Å². The van der Waals surface area contributed by atoms with Crippen LogP contribution in [0.3, 0.4) is 0 Å². The van der Waals surface area contributed by atoms with Gasteiger partial charge >= 0.3 is 0 Å². The summed E-state index contributed by atoms with van der Waals surface area (Å²) < 4.78 is 17.1. The van der Waals surface area contributed by atoms with E-state index in [-0.39, 0.29) is 28.8 Å². The lowest BCUT2D eigenvalue weighted by molar-refractivity contribution is -0.122. The van der Waals surface area contributed by atoms with Gasteiger partial charge in [-0.2, -0.15) is 0 Å². The smallest absolute Gasteiger partial charge is 0.242 e. The summed E-state index contributed by atoms with van der Waals surface area (Å²) in [7, 11) is 4.67. The first-order chi connectivity index (χ1) is 20.7. The molecule has 0 saturated heterocycles. The van der Waals surface area contributed by atoms with Crippen molar-refractivity contribution in [3.8, 4) is 28.4 Å². The minimum atomic E-state index is -0.648. The minimum Gasteiger partial charge on any atom is -0.493 e. The van der Waals surface area contributed by atoms with Crippen molar-refractivity contribution in [1.82, 2.24) is 15.6 Å². The van der Waals surface area contributed by atoms with Crippen LogP contribution in [0.2, 0.25) is 0 Å². The summed E-state index contributed by atoms with van der Waals surface area (Å²) in [6.07, 6.45) is 5.26. The molecule has 0 radical (unpaired) electrons. The van der Waals surface area contributed by atoms with Crippen molar-refractivity contribution in [2.45, 2.75) is 52.1 Å². The van der Waals surface area contributed by atoms with Crippen LogP contribution in [0.25, 0.3) is 11.1 Å². The molecule has 0 saturated carbocycles. The first-order valence-corrected chi connectivity index (χ1v) is 14.4. The van der Waals surface area contributed by atoms with Gasteiger partial charge in [-0.1, -0.05) is 19.9 Å². The third-order valence-electron chi connectivity index (χ3n) is 7.64. The fourth-order valence-corrected chi connectivity index (χ4v) is 5.52. The molecule has 1 heterocycles. The molecule has 10 nitrogen and oxygen atoms in total. The van der Waals surface area contributed by atoms with Crippen molar-refractivity contribution in [3.63, 3.8) is 0 Å². The zero-order valence-electron chi connectivity index (χ0n) is 25.6. The maximum absolute atomic E-state index is 13.7. The van der Waals surface area contributed by atoms with Gasteiger partial charge in [0.15, 0.2) is 11.5 Å². The molecular weight excluding hydrogens is 548 g/mol. The number of fused-ring (bicyclic) bond motifs is 3. The van der Waals surface area contributed by atoms with Crippen LogP contribution in [-0.2, 0) is 22.4 Å². The Hall–Kier alpha value is -4.60. The summed E-state index contributed by atoms with van der Waals surface area (Å²) in [5, 5.41) is 9.21. The number of benzene rings is 1. The molecule has 3 aromatic rings. The van der Waals surface area contributed by atoms with E-state index in [1.807, 2.05) is 38.1 Å². The Bertz CT molecular complexity index is 1530. The maximum atomic E-state index is 13.7. The SMILES string of the molecule is COc1cc2c(c(OC)c1OC)-c1ccc(N[C@H](C(=O)NCCc3ccncc3)C(C)C)c(=O)cc1[C@@H](NC(C)=O)CC2. The van der Waals surface area contributed by atoms with Crippen LogP contribution in [0, 0.1) is 5.92 Å². The van der Waals surface area contributed by atoms with Crippen molar-refractivity contribution in [2.75, 3.05) is 33.2 Å². The van der Waals surface area contributed by atoms with Crippen molar-refractivity contribution in [1.29, 1.82) is 0 Å². The van der Waals surface area contributed by atoms with Gasteiger partial charge in [0.1, 0.15) is 6.04 Å². The zero-order chi connectivity index (χ0) is 31.1. The van der Waals surface area contributed by atoms with Gasteiger partial charge in [0.05, 0.1) is 33.1 Å². The number of amides is 2. The second-order valence-electron chi connectivity index (χ2n) is 10.9. The Balaban J connectivity index is 1.75. The van der Waals surface area contributed by atoms with Crippen LogP contribution in [0.1, 0.15) is 49.9 Å². The summed E-state index contributed by atoms with van der Waals surface area (Å²) in [6.45, 7) is 5.76. The molecule has 228 valence electrons. The van der Waals surface area contributed by atoms with E-state index in [0.29, 0.717) is 48.6 Å². The standard InChI is InChI=1S/C33H40N4O6/c1-19(2)30(33(40)35-16-13-21-11-14-34-15-12-21)37-26-10-8-23-24(18-27(26)39)25(36-20(3)38)9-7-22-17-28(41-4)31(42-5)32(43-6)29(22)23/h8,10-12,14-15,17-19,25,30H,7,9,13,16H2,1-6H3,(H,35,40)(H,36,38)(H,37,39)/t25-,30-/m0/s1. The molecule has 10 heteroatoms. The lowest BCUT2D eigenvalue weighted by Crippen LogP contribution is -2.44. The van der Waals surface area contributed by atoms with Crippen LogP contribution in [-0.4, -0.2) is 50.7 Å². The Labute approximate surface area is 252 Å². The number of anilines is 1. The molecule has 3 N–H and O–H groups in total.